The summed E-state index contributed by atoms with van der Waals surface area (Å²) in [5, 5.41) is 5.60. The number of thioether (sulfide) groups is 1. The van der Waals surface area contributed by atoms with E-state index in [9.17, 15) is 28.4 Å². The number of aromatic nitrogens is 2. The maximum absolute atomic E-state index is 14.9. The van der Waals surface area contributed by atoms with Crippen LogP contribution in [-0.4, -0.2) is 87.5 Å². The van der Waals surface area contributed by atoms with E-state index < -0.39 is 17.4 Å². The third kappa shape index (κ3) is 7.97. The Bertz CT molecular complexity index is 1750. The first-order valence-electron chi connectivity index (χ1n) is 16.3. The van der Waals surface area contributed by atoms with E-state index in [1.165, 1.54) is 6.07 Å². The number of halogens is 1. The highest BCUT2D eigenvalue weighted by Crippen LogP contribution is 2.28. The number of piperidine rings is 3. The highest BCUT2D eigenvalue weighted by Gasteiger charge is 2.27. The molecule has 12 nitrogen and oxygen atoms in total. The fraction of sp³-hybridized carbons (Fsp3) is 0.471. The molecule has 48 heavy (non-hydrogen) atoms. The minimum Gasteiger partial charge on any atom is -0.493 e. The number of ether oxygens (including phenoxy) is 1. The smallest absolute Gasteiger partial charge is 0.261 e. The molecule has 4 heterocycles. The van der Waals surface area contributed by atoms with Crippen LogP contribution in [0.25, 0.3) is 10.9 Å². The molecule has 4 amide bonds. The number of fused-ring (bicyclic) bond motifs is 1. The van der Waals surface area contributed by atoms with Gasteiger partial charge in [-0.05, 0) is 62.3 Å². The molecule has 3 aromatic rings. The molecule has 3 aliphatic heterocycles. The monoisotopic (exact) mass is 678 g/mol. The molecular weight excluding hydrogens is 639 g/mol. The number of hydrogen-bond acceptors (Lipinski definition) is 9. The summed E-state index contributed by atoms with van der Waals surface area (Å²) in [4.78, 5) is 71.8. The quantitative estimate of drug-likeness (QED) is 0.289. The summed E-state index contributed by atoms with van der Waals surface area (Å²) in [5.74, 6) is 0.180. The molecule has 254 valence electrons. The van der Waals surface area contributed by atoms with Crippen LogP contribution in [0.2, 0.25) is 0 Å². The summed E-state index contributed by atoms with van der Waals surface area (Å²) in [6.07, 6.45) is 3.91. The molecule has 14 heteroatoms. The van der Waals surface area contributed by atoms with Crippen LogP contribution in [0, 0.1) is 11.7 Å². The molecular formula is C34H39FN6O6S. The first-order chi connectivity index (χ1) is 23.1. The lowest BCUT2D eigenvalue weighted by molar-refractivity contribution is -0.134. The first-order valence-corrected chi connectivity index (χ1v) is 17.4. The van der Waals surface area contributed by atoms with Crippen LogP contribution in [0.1, 0.15) is 61.6 Å². The lowest BCUT2D eigenvalue weighted by Crippen LogP contribution is -2.47. The van der Waals surface area contributed by atoms with Crippen LogP contribution >= 0.6 is 11.8 Å². The van der Waals surface area contributed by atoms with Crippen molar-refractivity contribution >= 4 is 52.0 Å². The van der Waals surface area contributed by atoms with Crippen LogP contribution in [0.5, 0.6) is 5.75 Å². The molecule has 6 rings (SSSR count). The number of anilines is 1. The van der Waals surface area contributed by atoms with E-state index in [1.807, 2.05) is 9.80 Å². The van der Waals surface area contributed by atoms with E-state index in [4.69, 9.17) is 4.74 Å². The molecule has 0 aliphatic carbocycles. The minimum absolute atomic E-state index is 0.0619. The summed E-state index contributed by atoms with van der Waals surface area (Å²) >= 11 is 1.65. The topological polar surface area (TPSA) is 154 Å². The number of aromatic amines is 1. The molecule has 2 aromatic carbocycles. The highest BCUT2D eigenvalue weighted by atomic mass is 32.2. The molecule has 3 fully saturated rings. The van der Waals surface area contributed by atoms with Crippen molar-refractivity contribution in [2.24, 2.45) is 5.92 Å². The van der Waals surface area contributed by atoms with Gasteiger partial charge in [0.25, 0.3) is 11.5 Å². The lowest BCUT2D eigenvalue weighted by atomic mass is 9.98. The van der Waals surface area contributed by atoms with Crippen molar-refractivity contribution in [3.8, 4) is 5.75 Å². The summed E-state index contributed by atoms with van der Waals surface area (Å²) in [6, 6.07) is 9.33. The summed E-state index contributed by atoms with van der Waals surface area (Å²) < 4.78 is 20.8. The fourth-order valence-corrected chi connectivity index (χ4v) is 7.45. The Morgan fingerprint density at radius 1 is 1.00 bits per heavy atom. The molecule has 0 spiro atoms. The summed E-state index contributed by atoms with van der Waals surface area (Å²) in [6.45, 7) is 4.52. The zero-order valence-corrected chi connectivity index (χ0v) is 27.6. The van der Waals surface area contributed by atoms with Gasteiger partial charge in [-0.2, -0.15) is 11.8 Å². The largest absolute Gasteiger partial charge is 0.493 e. The molecule has 1 unspecified atom stereocenters. The predicted octanol–water partition coefficient (Wildman–Crippen LogP) is 3.45. The summed E-state index contributed by atoms with van der Waals surface area (Å²) in [7, 11) is 0. The molecule has 3 saturated heterocycles. The number of rotatable bonds is 9. The van der Waals surface area contributed by atoms with Gasteiger partial charge in [0, 0.05) is 68.2 Å². The van der Waals surface area contributed by atoms with Gasteiger partial charge in [-0.25, -0.2) is 9.37 Å². The van der Waals surface area contributed by atoms with Crippen molar-refractivity contribution in [2.45, 2.75) is 62.5 Å². The number of hydrogen-bond donors (Lipinski definition) is 3. The van der Waals surface area contributed by atoms with E-state index >= 15 is 0 Å². The van der Waals surface area contributed by atoms with Crippen molar-refractivity contribution in [1.29, 1.82) is 0 Å². The van der Waals surface area contributed by atoms with Crippen LogP contribution in [0.15, 0.2) is 41.2 Å². The Balaban J connectivity index is 0.988. The normalized spacial score (nSPS) is 19.3. The number of H-pyrrole nitrogens is 1. The fourth-order valence-electron chi connectivity index (χ4n) is 6.37. The second-order valence-electron chi connectivity index (χ2n) is 12.6. The van der Waals surface area contributed by atoms with Crippen molar-refractivity contribution in [1.82, 2.24) is 25.1 Å². The number of benzene rings is 2. The van der Waals surface area contributed by atoms with Gasteiger partial charge in [-0.15, -0.1) is 0 Å². The van der Waals surface area contributed by atoms with Gasteiger partial charge in [0.15, 0.2) is 0 Å². The predicted molar refractivity (Wildman–Crippen MR) is 179 cm³/mol. The van der Waals surface area contributed by atoms with Gasteiger partial charge in [0.1, 0.15) is 28.8 Å². The SMILES string of the molecule is CC(=O)N1CCC(COc2cc(F)c3c(=O)[nH]c(CSC4CCN(C(=O)c5ccc(NC6CCC(=O)NC6=O)cc5)CC4)nc3c2)CC1. The van der Waals surface area contributed by atoms with E-state index in [-0.39, 0.29) is 52.1 Å². The van der Waals surface area contributed by atoms with Gasteiger partial charge < -0.3 is 24.8 Å². The van der Waals surface area contributed by atoms with Crippen molar-refractivity contribution in [3.05, 3.63) is 64.0 Å². The Labute approximate surface area is 281 Å². The Morgan fingerprint density at radius 2 is 1.71 bits per heavy atom. The van der Waals surface area contributed by atoms with Crippen molar-refractivity contribution < 1.29 is 28.3 Å². The molecule has 0 radical (unpaired) electrons. The van der Waals surface area contributed by atoms with Crippen LogP contribution in [-0.2, 0) is 20.1 Å². The van der Waals surface area contributed by atoms with Crippen molar-refractivity contribution in [3.63, 3.8) is 0 Å². The van der Waals surface area contributed by atoms with E-state index in [0.717, 1.165) is 25.7 Å². The minimum atomic E-state index is -0.681. The van der Waals surface area contributed by atoms with E-state index in [2.05, 4.69) is 20.6 Å². The second-order valence-corrected chi connectivity index (χ2v) is 13.9. The lowest BCUT2D eigenvalue weighted by Gasteiger charge is -2.31. The zero-order chi connectivity index (χ0) is 33.8. The van der Waals surface area contributed by atoms with Gasteiger partial charge >= 0.3 is 0 Å². The van der Waals surface area contributed by atoms with Gasteiger partial charge in [-0.1, -0.05) is 0 Å². The summed E-state index contributed by atoms with van der Waals surface area (Å²) in [5.41, 5.74) is 0.969. The third-order valence-electron chi connectivity index (χ3n) is 9.23. The average Bonchev–Trinajstić information content (AvgIpc) is 3.08. The number of carbonyl (C=O) groups excluding carboxylic acids is 4. The molecule has 0 bridgehead atoms. The maximum Gasteiger partial charge on any atom is 0.261 e. The maximum atomic E-state index is 14.9. The average molecular weight is 679 g/mol. The first kappa shape index (κ1) is 33.4. The van der Waals surface area contributed by atoms with E-state index in [1.54, 1.807) is 49.0 Å². The Morgan fingerprint density at radius 3 is 2.40 bits per heavy atom. The number of likely N-dealkylation sites (tertiary alicyclic amines) is 2. The number of imide groups is 1. The van der Waals surface area contributed by atoms with Gasteiger partial charge in [0.05, 0.1) is 17.9 Å². The Hall–Kier alpha value is -4.46. The Kier molecular flexibility index (Phi) is 10.3. The molecule has 3 aliphatic rings. The van der Waals surface area contributed by atoms with Crippen LogP contribution in [0.4, 0.5) is 10.1 Å². The zero-order valence-electron chi connectivity index (χ0n) is 26.8. The molecule has 3 N–H and O–H groups in total. The van der Waals surface area contributed by atoms with Crippen LogP contribution < -0.4 is 20.9 Å². The number of nitrogens with zero attached hydrogens (tertiary/aromatic N) is 3. The second kappa shape index (κ2) is 14.8. The highest BCUT2D eigenvalue weighted by molar-refractivity contribution is 7.99. The van der Waals surface area contributed by atoms with Crippen LogP contribution in [0.3, 0.4) is 0 Å². The van der Waals surface area contributed by atoms with Crippen molar-refractivity contribution in [2.75, 3.05) is 38.1 Å². The van der Waals surface area contributed by atoms with E-state index in [0.29, 0.717) is 67.8 Å². The van der Waals surface area contributed by atoms with Gasteiger partial charge in [0.2, 0.25) is 17.7 Å². The standard InChI is InChI=1S/C34H39FN6O6S/c1-20(42)40-12-8-21(9-13-40)18-47-24-16-26(35)31-28(17-24)37-29(38-33(31)45)19-48-25-10-14-41(15-11-25)34(46)22-2-4-23(5-3-22)36-27-6-7-30(43)39-32(27)44/h2-5,16-17,21,25,27,36H,6-15,18-19H2,1H3,(H,37,38,45)(H,39,43,44). The molecule has 1 aromatic heterocycles. The molecule has 0 saturated carbocycles. The number of nitrogens with one attached hydrogen (secondary N) is 3. The number of amides is 4. The van der Waals surface area contributed by atoms with Gasteiger partial charge in [-0.3, -0.25) is 29.3 Å². The number of carbonyl (C=O) groups is 4. The molecule has 1 atom stereocenters. The third-order valence-corrected chi connectivity index (χ3v) is 10.6.